The van der Waals surface area contributed by atoms with Crippen molar-refractivity contribution in [2.75, 3.05) is 22.1 Å². The fraction of sp³-hybridized carbons (Fsp3) is 0.0952. The summed E-state index contributed by atoms with van der Waals surface area (Å²) < 4.78 is 27.9. The molecule has 2 atom stereocenters. The Morgan fingerprint density at radius 2 is 0.966 bits per heavy atom. The van der Waals surface area contributed by atoms with E-state index in [-0.39, 0.29) is 34.4 Å². The predicted molar refractivity (Wildman–Crippen MR) is 216 cm³/mol. The van der Waals surface area contributed by atoms with Gasteiger partial charge in [0.05, 0.1) is 34.5 Å². The minimum atomic E-state index is -0.397. The summed E-state index contributed by atoms with van der Waals surface area (Å²) in [5, 5.41) is 44.1. The lowest BCUT2D eigenvalue weighted by Crippen LogP contribution is -2.14. The number of benzene rings is 4. The third-order valence-electron chi connectivity index (χ3n) is 9.12. The van der Waals surface area contributed by atoms with E-state index < -0.39 is 12.1 Å². The zero-order valence-corrected chi connectivity index (χ0v) is 30.9. The Balaban J connectivity index is 0.000000177. The lowest BCUT2D eigenvalue weighted by molar-refractivity contribution is 0.628. The summed E-state index contributed by atoms with van der Waals surface area (Å²) in [5.74, 6) is 0.0928. The first kappa shape index (κ1) is 38.1. The molecule has 0 spiro atoms. The maximum atomic E-state index is 14.0. The van der Waals surface area contributed by atoms with E-state index in [1.54, 1.807) is 12.1 Å². The van der Waals surface area contributed by atoms with Gasteiger partial charge in [-0.25, -0.2) is 28.7 Å². The van der Waals surface area contributed by atoms with Crippen LogP contribution in [-0.2, 0) is 0 Å². The Bertz CT molecular complexity index is 2700. The monoisotopic (exact) mass is 770 g/mol. The van der Waals surface area contributed by atoms with E-state index in [9.17, 15) is 19.3 Å². The van der Waals surface area contributed by atoms with E-state index in [1.807, 2.05) is 86.6 Å². The van der Waals surface area contributed by atoms with Crippen molar-refractivity contribution in [3.05, 3.63) is 144 Å². The molecule has 0 aliphatic rings. The van der Waals surface area contributed by atoms with Crippen molar-refractivity contribution in [3.63, 3.8) is 0 Å². The molecule has 0 saturated heterocycles. The van der Waals surface area contributed by atoms with Gasteiger partial charge in [0.25, 0.3) is 0 Å². The number of fused-ring (bicyclic) bond motifs is 2. The van der Waals surface area contributed by atoms with Crippen LogP contribution in [0.1, 0.15) is 48.4 Å². The number of rotatable bonds is 8. The van der Waals surface area contributed by atoms with Gasteiger partial charge in [0.15, 0.2) is 0 Å². The summed E-state index contributed by atoms with van der Waals surface area (Å²) in [5.41, 5.74) is 17.3. The van der Waals surface area contributed by atoms with Crippen LogP contribution in [0.25, 0.3) is 44.1 Å². The molecule has 0 bridgehead atoms. The first-order chi connectivity index (χ1) is 28.2. The number of nitrogens with two attached hydrogens (primary N) is 2. The van der Waals surface area contributed by atoms with Crippen molar-refractivity contribution >= 4 is 45.1 Å². The Morgan fingerprint density at radius 1 is 0.552 bits per heavy atom. The van der Waals surface area contributed by atoms with Crippen LogP contribution in [0.4, 0.5) is 32.1 Å². The normalized spacial score (nSPS) is 11.8. The van der Waals surface area contributed by atoms with E-state index in [1.165, 1.54) is 36.9 Å². The van der Waals surface area contributed by atoms with Gasteiger partial charge in [-0.15, -0.1) is 0 Å². The smallest absolute Gasteiger partial charge is 0.150 e. The van der Waals surface area contributed by atoms with Crippen LogP contribution in [-0.4, -0.2) is 40.3 Å². The topological polar surface area (TPSA) is 227 Å². The summed E-state index contributed by atoms with van der Waals surface area (Å²) in [6, 6.07) is 31.0. The molecule has 0 aliphatic heterocycles. The number of nitriles is 2. The molecule has 284 valence electrons. The average molecular weight is 771 g/mol. The second-order valence-corrected chi connectivity index (χ2v) is 12.9. The number of aromatic nitrogens is 8. The Kier molecular flexibility index (Phi) is 10.9. The average Bonchev–Trinajstić information content (AvgIpc) is 3.23. The molecule has 0 amide bonds. The van der Waals surface area contributed by atoms with Crippen molar-refractivity contribution in [1.82, 2.24) is 40.3 Å². The number of anilines is 4. The molecule has 0 unspecified atom stereocenters. The van der Waals surface area contributed by atoms with Crippen LogP contribution >= 0.6 is 0 Å². The second kappa shape index (κ2) is 16.6. The van der Waals surface area contributed by atoms with E-state index in [0.29, 0.717) is 45.2 Å². The summed E-state index contributed by atoms with van der Waals surface area (Å²) in [4.78, 5) is 15.9. The molecule has 0 aliphatic carbocycles. The van der Waals surface area contributed by atoms with Crippen LogP contribution in [0.5, 0.6) is 0 Å². The number of hydrogen-bond acceptors (Lipinski definition) is 14. The van der Waals surface area contributed by atoms with Gasteiger partial charge in [0.1, 0.15) is 70.8 Å². The Labute approximate surface area is 330 Å². The predicted octanol–water partition coefficient (Wildman–Crippen LogP) is 7.71. The molecular formula is C42H32F2N14. The van der Waals surface area contributed by atoms with Crippen LogP contribution in [0, 0.1) is 34.3 Å². The van der Waals surface area contributed by atoms with E-state index >= 15 is 0 Å². The lowest BCUT2D eigenvalue weighted by Gasteiger charge is -2.19. The zero-order chi connectivity index (χ0) is 40.8. The van der Waals surface area contributed by atoms with Gasteiger partial charge < -0.3 is 22.1 Å². The van der Waals surface area contributed by atoms with Gasteiger partial charge in [0, 0.05) is 21.9 Å². The molecule has 8 aromatic rings. The van der Waals surface area contributed by atoms with E-state index in [0.717, 1.165) is 21.9 Å². The molecule has 4 aromatic carbocycles. The van der Waals surface area contributed by atoms with Crippen molar-refractivity contribution in [2.24, 2.45) is 0 Å². The lowest BCUT2D eigenvalue weighted by atomic mass is 9.96. The van der Waals surface area contributed by atoms with Gasteiger partial charge in [-0.3, -0.25) is 0 Å². The molecule has 16 heteroatoms. The third kappa shape index (κ3) is 7.79. The van der Waals surface area contributed by atoms with Crippen LogP contribution in [0.2, 0.25) is 0 Å². The van der Waals surface area contributed by atoms with Crippen LogP contribution < -0.4 is 22.1 Å². The van der Waals surface area contributed by atoms with Crippen molar-refractivity contribution in [3.8, 4) is 34.4 Å². The molecule has 0 radical (unpaired) electrons. The minimum Gasteiger partial charge on any atom is -0.382 e. The van der Waals surface area contributed by atoms with Crippen LogP contribution in [0.15, 0.2) is 110 Å². The Hall–Kier alpha value is -8.24. The fourth-order valence-corrected chi connectivity index (χ4v) is 6.42. The van der Waals surface area contributed by atoms with Gasteiger partial charge in [-0.05, 0) is 61.4 Å². The summed E-state index contributed by atoms with van der Waals surface area (Å²) >= 11 is 0. The van der Waals surface area contributed by atoms with Crippen LogP contribution in [0.3, 0.4) is 0 Å². The molecular weight excluding hydrogens is 739 g/mol. The molecule has 58 heavy (non-hydrogen) atoms. The Morgan fingerprint density at radius 3 is 1.36 bits per heavy atom. The quantitative estimate of drug-likeness (QED) is 0.116. The summed E-state index contributed by atoms with van der Waals surface area (Å²) in [7, 11) is 0. The molecule has 8 rings (SSSR count). The largest absolute Gasteiger partial charge is 0.382 e. The highest BCUT2D eigenvalue weighted by Gasteiger charge is 2.22. The first-order valence-corrected chi connectivity index (χ1v) is 17.7. The van der Waals surface area contributed by atoms with Crippen molar-refractivity contribution in [1.29, 1.82) is 10.5 Å². The standard InChI is InChI=1S/2C21H16FN7/c2*1-12(27-21-16(10-23)20(24)25-11-26-21)19-18(13-5-4-6-14(22)9-13)15-7-2-3-8-17(15)28-29-19/h2*2-9,11-12H,1H3,(H3,24,25,26,27)/t2*12-/m10/s1. The molecule has 4 aromatic heterocycles. The molecule has 0 saturated carbocycles. The highest BCUT2D eigenvalue weighted by molar-refractivity contribution is 5.96. The van der Waals surface area contributed by atoms with Gasteiger partial charge in [-0.2, -0.15) is 30.9 Å². The van der Waals surface area contributed by atoms with E-state index in [2.05, 4.69) is 51.0 Å². The number of hydrogen-bond donors (Lipinski definition) is 4. The van der Waals surface area contributed by atoms with Gasteiger partial charge >= 0.3 is 0 Å². The van der Waals surface area contributed by atoms with Crippen molar-refractivity contribution in [2.45, 2.75) is 25.9 Å². The summed E-state index contributed by atoms with van der Waals surface area (Å²) in [6.45, 7) is 3.72. The van der Waals surface area contributed by atoms with Gasteiger partial charge in [0.2, 0.25) is 0 Å². The van der Waals surface area contributed by atoms with Gasteiger partial charge in [-0.1, -0.05) is 60.7 Å². The third-order valence-corrected chi connectivity index (χ3v) is 9.12. The molecule has 6 N–H and O–H groups in total. The number of nitrogens with zero attached hydrogens (tertiary/aromatic N) is 10. The number of halogens is 2. The first-order valence-electron chi connectivity index (χ1n) is 17.7. The molecule has 0 fully saturated rings. The summed E-state index contributed by atoms with van der Waals surface area (Å²) in [6.07, 6.45) is 2.57. The molecule has 14 nitrogen and oxygen atoms in total. The minimum absolute atomic E-state index is 0.0900. The maximum absolute atomic E-state index is 14.0. The second-order valence-electron chi connectivity index (χ2n) is 12.9. The van der Waals surface area contributed by atoms with Crippen molar-refractivity contribution < 1.29 is 8.78 Å². The molecule has 4 heterocycles. The SMILES string of the molecule is C[C@@H](Nc1ncnc(N)c1C#N)c1nnc2ccccc2c1-c1cccc(F)c1.C[C@H](Nc1ncnc(N)c1C#N)c1nnc2ccccc2c1-c1cccc(F)c1. The van der Waals surface area contributed by atoms with E-state index in [4.69, 9.17) is 11.5 Å². The highest BCUT2D eigenvalue weighted by atomic mass is 19.1. The number of nitrogen functional groups attached to an aromatic ring is 2. The number of nitrogens with one attached hydrogen (secondary N) is 2. The zero-order valence-electron chi connectivity index (χ0n) is 30.9. The fourth-order valence-electron chi connectivity index (χ4n) is 6.42. The highest BCUT2D eigenvalue weighted by Crippen LogP contribution is 2.36. The maximum Gasteiger partial charge on any atom is 0.150 e.